The van der Waals surface area contributed by atoms with Crippen molar-refractivity contribution in [1.29, 1.82) is 0 Å². The Balaban J connectivity index is 1.76. The number of carboxylic acids is 1. The van der Waals surface area contributed by atoms with Crippen molar-refractivity contribution < 1.29 is 23.8 Å². The fourth-order valence-electron chi connectivity index (χ4n) is 1.75. The molecular formula is C16H15FO4. The molecule has 0 amide bonds. The maximum atomic E-state index is 13.2. The largest absolute Gasteiger partial charge is 0.491 e. The summed E-state index contributed by atoms with van der Waals surface area (Å²) >= 11 is 0. The number of carboxylic acid groups (broad SMARTS) is 1. The lowest BCUT2D eigenvalue weighted by atomic mass is 10.1. The second kappa shape index (κ2) is 7.40. The van der Waals surface area contributed by atoms with E-state index in [2.05, 4.69) is 0 Å². The van der Waals surface area contributed by atoms with Gasteiger partial charge in [-0.25, -0.2) is 9.18 Å². The number of hydrogen-bond acceptors (Lipinski definition) is 3. The van der Waals surface area contributed by atoms with Crippen molar-refractivity contribution in [3.05, 3.63) is 65.5 Å². The molecule has 0 aliphatic heterocycles. The number of aromatic carboxylic acids is 1. The molecule has 4 nitrogen and oxygen atoms in total. The second-order valence-electron chi connectivity index (χ2n) is 4.33. The topological polar surface area (TPSA) is 55.8 Å². The van der Waals surface area contributed by atoms with Crippen molar-refractivity contribution >= 4 is 5.97 Å². The molecule has 0 spiro atoms. The maximum absolute atomic E-state index is 13.2. The minimum atomic E-state index is -1.29. The van der Waals surface area contributed by atoms with Gasteiger partial charge in [-0.2, -0.15) is 0 Å². The molecule has 0 saturated carbocycles. The average Bonchev–Trinajstić information content (AvgIpc) is 2.49. The number of ether oxygens (including phenoxy) is 2. The number of para-hydroxylation sites is 1. The van der Waals surface area contributed by atoms with Gasteiger partial charge in [0, 0.05) is 0 Å². The molecule has 0 saturated heterocycles. The molecule has 2 aromatic carbocycles. The van der Waals surface area contributed by atoms with Gasteiger partial charge in [0.25, 0.3) is 0 Å². The summed E-state index contributed by atoms with van der Waals surface area (Å²) in [7, 11) is 0. The van der Waals surface area contributed by atoms with Gasteiger partial charge >= 0.3 is 5.97 Å². The SMILES string of the molecule is O=C(O)c1cc(COCCOc2ccccc2)ccc1F. The highest BCUT2D eigenvalue weighted by Gasteiger charge is 2.10. The summed E-state index contributed by atoms with van der Waals surface area (Å²) in [6, 6.07) is 13.2. The van der Waals surface area contributed by atoms with Crippen LogP contribution in [0, 0.1) is 5.82 Å². The highest BCUT2D eigenvalue weighted by atomic mass is 19.1. The van der Waals surface area contributed by atoms with Crippen LogP contribution in [0.2, 0.25) is 0 Å². The Kier molecular flexibility index (Phi) is 5.29. The zero-order valence-corrected chi connectivity index (χ0v) is 11.3. The first kappa shape index (κ1) is 15.0. The molecule has 2 rings (SSSR count). The molecule has 0 bridgehead atoms. The zero-order chi connectivity index (χ0) is 15.1. The van der Waals surface area contributed by atoms with Crippen molar-refractivity contribution in [2.75, 3.05) is 13.2 Å². The van der Waals surface area contributed by atoms with E-state index in [1.807, 2.05) is 30.3 Å². The summed E-state index contributed by atoms with van der Waals surface area (Å²) in [5, 5.41) is 8.82. The van der Waals surface area contributed by atoms with E-state index in [1.54, 1.807) is 0 Å². The van der Waals surface area contributed by atoms with Crippen molar-refractivity contribution in [3.8, 4) is 5.75 Å². The van der Waals surface area contributed by atoms with Crippen LogP contribution in [0.1, 0.15) is 15.9 Å². The number of hydrogen-bond donors (Lipinski definition) is 1. The minimum Gasteiger partial charge on any atom is -0.491 e. The van der Waals surface area contributed by atoms with E-state index < -0.39 is 11.8 Å². The van der Waals surface area contributed by atoms with Gasteiger partial charge in [-0.05, 0) is 29.8 Å². The van der Waals surface area contributed by atoms with Crippen LogP contribution < -0.4 is 4.74 Å². The molecule has 5 heteroatoms. The molecule has 0 aliphatic carbocycles. The number of benzene rings is 2. The first-order valence-corrected chi connectivity index (χ1v) is 6.44. The first-order valence-electron chi connectivity index (χ1n) is 6.44. The van der Waals surface area contributed by atoms with Crippen LogP contribution in [0.5, 0.6) is 5.75 Å². The molecule has 0 aromatic heterocycles. The third kappa shape index (κ3) is 4.57. The standard InChI is InChI=1S/C16H15FO4/c17-15-7-6-12(10-14(15)16(18)19)11-20-8-9-21-13-4-2-1-3-5-13/h1-7,10H,8-9,11H2,(H,18,19). The lowest BCUT2D eigenvalue weighted by Crippen LogP contribution is -2.07. The van der Waals surface area contributed by atoms with Gasteiger partial charge in [0.05, 0.1) is 18.8 Å². The predicted octanol–water partition coefficient (Wildman–Crippen LogP) is 3.12. The van der Waals surface area contributed by atoms with E-state index in [9.17, 15) is 9.18 Å². The Hall–Kier alpha value is -2.40. The van der Waals surface area contributed by atoms with Crippen LogP contribution in [-0.4, -0.2) is 24.3 Å². The fourth-order valence-corrected chi connectivity index (χ4v) is 1.75. The first-order chi connectivity index (χ1) is 10.2. The third-order valence-electron chi connectivity index (χ3n) is 2.77. The van der Waals surface area contributed by atoms with Crippen molar-refractivity contribution in [1.82, 2.24) is 0 Å². The fraction of sp³-hybridized carbons (Fsp3) is 0.188. The molecule has 0 atom stereocenters. The molecular weight excluding hydrogens is 275 g/mol. The Labute approximate surface area is 121 Å². The Morgan fingerprint density at radius 3 is 2.57 bits per heavy atom. The summed E-state index contributed by atoms with van der Waals surface area (Å²) < 4.78 is 24.0. The highest BCUT2D eigenvalue weighted by molar-refractivity contribution is 5.88. The quantitative estimate of drug-likeness (QED) is 0.796. The molecule has 2 aromatic rings. The average molecular weight is 290 g/mol. The van der Waals surface area contributed by atoms with E-state index in [0.717, 1.165) is 11.8 Å². The van der Waals surface area contributed by atoms with Crippen LogP contribution in [-0.2, 0) is 11.3 Å². The molecule has 0 unspecified atom stereocenters. The number of rotatable bonds is 7. The van der Waals surface area contributed by atoms with Crippen molar-refractivity contribution in [2.24, 2.45) is 0 Å². The number of halogens is 1. The highest BCUT2D eigenvalue weighted by Crippen LogP contribution is 2.12. The Morgan fingerprint density at radius 2 is 1.86 bits per heavy atom. The molecule has 0 heterocycles. The Bertz CT molecular complexity index is 598. The molecule has 0 radical (unpaired) electrons. The van der Waals surface area contributed by atoms with E-state index in [4.69, 9.17) is 14.6 Å². The van der Waals surface area contributed by atoms with Gasteiger partial charge in [-0.15, -0.1) is 0 Å². The van der Waals surface area contributed by atoms with Gasteiger partial charge in [0.2, 0.25) is 0 Å². The van der Waals surface area contributed by atoms with E-state index >= 15 is 0 Å². The van der Waals surface area contributed by atoms with Crippen LogP contribution in [0.25, 0.3) is 0 Å². The van der Waals surface area contributed by atoms with Crippen molar-refractivity contribution in [3.63, 3.8) is 0 Å². The minimum absolute atomic E-state index is 0.207. The zero-order valence-electron chi connectivity index (χ0n) is 11.3. The summed E-state index contributed by atoms with van der Waals surface area (Å²) in [5.74, 6) is -1.28. The smallest absolute Gasteiger partial charge is 0.338 e. The monoisotopic (exact) mass is 290 g/mol. The predicted molar refractivity (Wildman–Crippen MR) is 75.0 cm³/mol. The summed E-state index contributed by atoms with van der Waals surface area (Å²) in [5.41, 5.74) is 0.255. The molecule has 1 N–H and O–H groups in total. The molecule has 0 fully saturated rings. The summed E-state index contributed by atoms with van der Waals surface area (Å²) in [4.78, 5) is 10.8. The van der Waals surface area contributed by atoms with Crippen molar-refractivity contribution in [2.45, 2.75) is 6.61 Å². The van der Waals surface area contributed by atoms with Gasteiger partial charge in [0.1, 0.15) is 18.2 Å². The summed E-state index contributed by atoms with van der Waals surface area (Å²) in [6.45, 7) is 0.949. The van der Waals surface area contributed by atoms with Crippen LogP contribution in [0.15, 0.2) is 48.5 Å². The Morgan fingerprint density at radius 1 is 1.10 bits per heavy atom. The van der Waals surface area contributed by atoms with Gasteiger partial charge < -0.3 is 14.6 Å². The molecule has 21 heavy (non-hydrogen) atoms. The number of carbonyl (C=O) groups is 1. The normalized spacial score (nSPS) is 10.3. The maximum Gasteiger partial charge on any atom is 0.338 e. The van der Waals surface area contributed by atoms with E-state index in [1.165, 1.54) is 12.1 Å². The van der Waals surface area contributed by atoms with Crippen LogP contribution in [0.4, 0.5) is 4.39 Å². The molecule has 110 valence electrons. The third-order valence-corrected chi connectivity index (χ3v) is 2.77. The van der Waals surface area contributed by atoms with Crippen LogP contribution >= 0.6 is 0 Å². The van der Waals surface area contributed by atoms with E-state index in [0.29, 0.717) is 18.8 Å². The van der Waals surface area contributed by atoms with Gasteiger partial charge in [-0.3, -0.25) is 0 Å². The second-order valence-corrected chi connectivity index (χ2v) is 4.33. The van der Waals surface area contributed by atoms with E-state index in [-0.39, 0.29) is 12.2 Å². The van der Waals surface area contributed by atoms with Gasteiger partial charge in [0.15, 0.2) is 0 Å². The molecule has 0 aliphatic rings. The van der Waals surface area contributed by atoms with Crippen LogP contribution in [0.3, 0.4) is 0 Å². The lowest BCUT2D eigenvalue weighted by Gasteiger charge is -2.08. The summed E-state index contributed by atoms with van der Waals surface area (Å²) in [6.07, 6.45) is 0. The van der Waals surface area contributed by atoms with Gasteiger partial charge in [-0.1, -0.05) is 24.3 Å². The lowest BCUT2D eigenvalue weighted by molar-refractivity contribution is 0.0690.